The smallest absolute Gasteiger partial charge is 0.322 e. The molecule has 0 aliphatic heterocycles. The van der Waals surface area contributed by atoms with Crippen LogP contribution in [0.4, 0.5) is 24.5 Å². The van der Waals surface area contributed by atoms with Crippen LogP contribution in [0.25, 0.3) is 0 Å². The van der Waals surface area contributed by atoms with E-state index in [1.807, 2.05) is 0 Å². The maximum absolute atomic E-state index is 12.6. The summed E-state index contributed by atoms with van der Waals surface area (Å²) in [5.41, 5.74) is -0.785. The lowest BCUT2D eigenvalue weighted by Crippen LogP contribution is -2.14. The summed E-state index contributed by atoms with van der Waals surface area (Å²) in [7, 11) is 0. The number of nitro groups is 1. The van der Waals surface area contributed by atoms with E-state index < -0.39 is 22.6 Å². The number of nitrogens with zero attached hydrogens (tertiary/aromatic N) is 1. The van der Waals surface area contributed by atoms with Crippen molar-refractivity contribution in [3.05, 3.63) is 69.3 Å². The summed E-state index contributed by atoms with van der Waals surface area (Å²) < 4.78 is 37.9. The van der Waals surface area contributed by atoms with E-state index in [4.69, 9.17) is 0 Å². The molecule has 0 fully saturated rings. The molecule has 0 bridgehead atoms. The third kappa shape index (κ3) is 4.45. The predicted molar refractivity (Wildman–Crippen MR) is 84.5 cm³/mol. The number of amides is 1. The lowest BCUT2D eigenvalue weighted by Gasteiger charge is -2.09. The molecule has 0 saturated heterocycles. The van der Waals surface area contributed by atoms with Crippen LogP contribution in [0.2, 0.25) is 0 Å². The molecule has 0 atom stereocenters. The summed E-state index contributed by atoms with van der Waals surface area (Å²) in [6, 6.07) is 7.96. The summed E-state index contributed by atoms with van der Waals surface area (Å²) >= 11 is 0. The first kappa shape index (κ1) is 19.4. The first-order valence-electron chi connectivity index (χ1n) is 6.42. The van der Waals surface area contributed by atoms with Gasteiger partial charge in [-0.05, 0) is 31.2 Å². The topological polar surface area (TPSA) is 72.2 Å². The van der Waals surface area contributed by atoms with Gasteiger partial charge in [-0.2, -0.15) is 13.2 Å². The van der Waals surface area contributed by atoms with Crippen molar-refractivity contribution in [3.63, 3.8) is 0 Å². The zero-order valence-electron chi connectivity index (χ0n) is 12.3. The minimum Gasteiger partial charge on any atom is -0.322 e. The number of aryl methyl sites for hydroxylation is 1. The number of benzene rings is 2. The van der Waals surface area contributed by atoms with Gasteiger partial charge in [0, 0.05) is 22.9 Å². The zero-order chi connectivity index (χ0) is 17.2. The number of carbonyl (C=O) groups excluding carboxylic acids is 1. The van der Waals surface area contributed by atoms with E-state index >= 15 is 0 Å². The van der Waals surface area contributed by atoms with Crippen LogP contribution in [0.1, 0.15) is 21.5 Å². The van der Waals surface area contributed by atoms with E-state index in [1.165, 1.54) is 25.1 Å². The molecule has 5 nitrogen and oxygen atoms in total. The van der Waals surface area contributed by atoms with Crippen LogP contribution in [0, 0.1) is 17.0 Å². The standard InChI is InChI=1S/C15H11F3N2O3.ClH/c1-9-5-6-12(8-13(9)20(22)23)19-14(21)10-3-2-4-11(7-10)15(16,17)18;/h2-8H,1H3,(H,19,21);1H. The highest BCUT2D eigenvalue weighted by Crippen LogP contribution is 2.30. The Morgan fingerprint density at radius 2 is 1.83 bits per heavy atom. The van der Waals surface area contributed by atoms with Gasteiger partial charge in [0.25, 0.3) is 11.6 Å². The number of rotatable bonds is 3. The zero-order valence-corrected chi connectivity index (χ0v) is 13.1. The fourth-order valence-corrected chi connectivity index (χ4v) is 1.92. The lowest BCUT2D eigenvalue weighted by atomic mass is 10.1. The van der Waals surface area contributed by atoms with Crippen molar-refractivity contribution in [2.45, 2.75) is 13.1 Å². The number of hydrogen-bond acceptors (Lipinski definition) is 3. The van der Waals surface area contributed by atoms with Crippen molar-refractivity contribution in [2.24, 2.45) is 0 Å². The van der Waals surface area contributed by atoms with Crippen LogP contribution >= 0.6 is 12.4 Å². The number of halogens is 4. The normalized spacial score (nSPS) is 10.7. The molecule has 0 spiro atoms. The molecule has 128 valence electrons. The van der Waals surface area contributed by atoms with Crippen molar-refractivity contribution < 1.29 is 22.9 Å². The van der Waals surface area contributed by atoms with Crippen LogP contribution in [0.5, 0.6) is 0 Å². The summed E-state index contributed by atoms with van der Waals surface area (Å²) in [5, 5.41) is 13.2. The van der Waals surface area contributed by atoms with Gasteiger partial charge in [0.1, 0.15) is 0 Å². The fraction of sp³-hybridized carbons (Fsp3) is 0.133. The largest absolute Gasteiger partial charge is 0.416 e. The monoisotopic (exact) mass is 360 g/mol. The summed E-state index contributed by atoms with van der Waals surface area (Å²) in [6.07, 6.45) is -4.56. The number of nitrogens with one attached hydrogen (secondary N) is 1. The summed E-state index contributed by atoms with van der Waals surface area (Å²) in [4.78, 5) is 22.3. The third-order valence-corrected chi connectivity index (χ3v) is 3.12. The average molecular weight is 361 g/mol. The van der Waals surface area contributed by atoms with Gasteiger partial charge in [0.05, 0.1) is 10.5 Å². The Labute approximate surface area is 141 Å². The molecule has 0 aliphatic rings. The van der Waals surface area contributed by atoms with Crippen LogP contribution in [-0.4, -0.2) is 10.8 Å². The molecule has 2 aromatic rings. The Morgan fingerprint density at radius 1 is 1.17 bits per heavy atom. The molecule has 0 aromatic heterocycles. The van der Waals surface area contributed by atoms with E-state index in [9.17, 15) is 28.1 Å². The minimum atomic E-state index is -4.56. The molecule has 0 aliphatic carbocycles. The number of anilines is 1. The van der Waals surface area contributed by atoms with E-state index in [0.29, 0.717) is 5.56 Å². The van der Waals surface area contributed by atoms with Gasteiger partial charge < -0.3 is 5.32 Å². The Hall–Kier alpha value is -2.61. The van der Waals surface area contributed by atoms with Crippen molar-refractivity contribution in [2.75, 3.05) is 5.32 Å². The third-order valence-electron chi connectivity index (χ3n) is 3.12. The maximum Gasteiger partial charge on any atom is 0.416 e. The van der Waals surface area contributed by atoms with Gasteiger partial charge in [-0.1, -0.05) is 12.1 Å². The van der Waals surface area contributed by atoms with Gasteiger partial charge in [-0.25, -0.2) is 0 Å². The summed E-state index contributed by atoms with van der Waals surface area (Å²) in [6.45, 7) is 1.54. The van der Waals surface area contributed by atoms with Gasteiger partial charge in [0.15, 0.2) is 0 Å². The molecule has 1 amide bonds. The lowest BCUT2D eigenvalue weighted by molar-refractivity contribution is -0.385. The molecule has 0 unspecified atom stereocenters. The second kappa shape index (κ2) is 7.31. The quantitative estimate of drug-likeness (QED) is 0.642. The molecular weight excluding hydrogens is 349 g/mol. The van der Waals surface area contributed by atoms with E-state index in [0.717, 1.165) is 24.3 Å². The first-order chi connectivity index (χ1) is 10.7. The maximum atomic E-state index is 12.6. The number of alkyl halides is 3. The molecule has 9 heteroatoms. The van der Waals surface area contributed by atoms with Crippen LogP contribution in [0.15, 0.2) is 42.5 Å². The highest BCUT2D eigenvalue weighted by atomic mass is 35.5. The van der Waals surface area contributed by atoms with Gasteiger partial charge >= 0.3 is 6.18 Å². The van der Waals surface area contributed by atoms with E-state index in [1.54, 1.807) is 0 Å². The first-order valence-corrected chi connectivity index (χ1v) is 6.42. The Morgan fingerprint density at radius 3 is 2.42 bits per heavy atom. The van der Waals surface area contributed by atoms with Crippen molar-refractivity contribution in [1.29, 1.82) is 0 Å². The number of hydrogen-bond donors (Lipinski definition) is 1. The number of nitro benzene ring substituents is 1. The summed E-state index contributed by atoms with van der Waals surface area (Å²) in [5.74, 6) is -0.783. The van der Waals surface area contributed by atoms with Crippen LogP contribution < -0.4 is 5.32 Å². The van der Waals surface area contributed by atoms with Crippen LogP contribution in [-0.2, 0) is 6.18 Å². The van der Waals surface area contributed by atoms with E-state index in [2.05, 4.69) is 5.32 Å². The van der Waals surface area contributed by atoms with Crippen molar-refractivity contribution >= 4 is 29.7 Å². The molecule has 2 aromatic carbocycles. The molecule has 0 radical (unpaired) electrons. The van der Waals surface area contributed by atoms with Crippen molar-refractivity contribution in [3.8, 4) is 0 Å². The van der Waals surface area contributed by atoms with Gasteiger partial charge in [-0.15, -0.1) is 12.4 Å². The second-order valence-electron chi connectivity index (χ2n) is 4.79. The van der Waals surface area contributed by atoms with Crippen molar-refractivity contribution in [1.82, 2.24) is 0 Å². The highest BCUT2D eigenvalue weighted by Gasteiger charge is 2.30. The van der Waals surface area contributed by atoms with Gasteiger partial charge in [-0.3, -0.25) is 14.9 Å². The SMILES string of the molecule is Cc1ccc(NC(=O)c2cccc(C(F)(F)F)c2)cc1[N+](=O)[O-].Cl. The highest BCUT2D eigenvalue weighted by molar-refractivity contribution is 6.04. The predicted octanol–water partition coefficient (Wildman–Crippen LogP) is 4.60. The van der Waals surface area contributed by atoms with Gasteiger partial charge in [0.2, 0.25) is 0 Å². The molecule has 24 heavy (non-hydrogen) atoms. The molecule has 1 N–H and O–H groups in total. The average Bonchev–Trinajstić information content (AvgIpc) is 2.48. The molecular formula is C15H12ClF3N2O3. The Balaban J connectivity index is 0.00000288. The fourth-order valence-electron chi connectivity index (χ4n) is 1.92. The van der Waals surface area contributed by atoms with E-state index in [-0.39, 0.29) is 29.3 Å². The Kier molecular flexibility index (Phi) is 5.92. The molecule has 0 heterocycles. The second-order valence-corrected chi connectivity index (χ2v) is 4.79. The molecule has 2 rings (SSSR count). The molecule has 0 saturated carbocycles. The minimum absolute atomic E-state index is 0. The number of carbonyl (C=O) groups is 1. The Bertz CT molecular complexity index is 779. The van der Waals surface area contributed by atoms with Crippen LogP contribution in [0.3, 0.4) is 0 Å².